The fourth-order valence-corrected chi connectivity index (χ4v) is 4.08. The van der Waals surface area contributed by atoms with E-state index in [0.717, 1.165) is 34.0 Å². The minimum absolute atomic E-state index is 0.124. The van der Waals surface area contributed by atoms with Gasteiger partial charge < -0.3 is 4.57 Å². The Morgan fingerprint density at radius 3 is 2.62 bits per heavy atom. The van der Waals surface area contributed by atoms with Gasteiger partial charge in [0.25, 0.3) is 0 Å². The summed E-state index contributed by atoms with van der Waals surface area (Å²) in [6.07, 6.45) is 1.70. The summed E-state index contributed by atoms with van der Waals surface area (Å²) in [6, 6.07) is 18.1. The molecule has 0 aliphatic carbocycles. The summed E-state index contributed by atoms with van der Waals surface area (Å²) in [7, 11) is 0. The summed E-state index contributed by atoms with van der Waals surface area (Å²) < 4.78 is 2.18. The molecule has 2 aromatic carbocycles. The first-order chi connectivity index (χ1) is 13.9. The molecular weight excluding hydrogens is 402 g/mol. The van der Waals surface area contributed by atoms with Gasteiger partial charge in [-0.1, -0.05) is 41.4 Å². The van der Waals surface area contributed by atoms with Crippen LogP contribution in [-0.4, -0.2) is 22.4 Å². The van der Waals surface area contributed by atoms with E-state index in [0.29, 0.717) is 10.8 Å². The molecule has 1 heterocycles. The molecule has 0 bridgehead atoms. The molecule has 0 saturated heterocycles. The number of aromatic nitrogens is 1. The van der Waals surface area contributed by atoms with Gasteiger partial charge in [0, 0.05) is 33.4 Å². The largest absolute Gasteiger partial charge is 0.318 e. The Morgan fingerprint density at radius 1 is 1.14 bits per heavy atom. The van der Waals surface area contributed by atoms with Crippen LogP contribution in [0, 0.1) is 20.8 Å². The number of amides is 1. The average molecular weight is 426 g/mol. The van der Waals surface area contributed by atoms with Crippen LogP contribution in [0.4, 0.5) is 0 Å². The number of halogens is 1. The number of nitrogens with one attached hydrogen (secondary N) is 1. The van der Waals surface area contributed by atoms with Gasteiger partial charge in [-0.05, 0) is 56.7 Å². The van der Waals surface area contributed by atoms with Crippen molar-refractivity contribution in [3.8, 4) is 5.69 Å². The van der Waals surface area contributed by atoms with E-state index in [1.54, 1.807) is 6.21 Å². The number of rotatable bonds is 7. The lowest BCUT2D eigenvalue weighted by Gasteiger charge is -2.09. The highest BCUT2D eigenvalue weighted by Gasteiger charge is 2.09. The molecule has 3 rings (SSSR count). The van der Waals surface area contributed by atoms with Crippen molar-refractivity contribution < 1.29 is 4.79 Å². The summed E-state index contributed by atoms with van der Waals surface area (Å²) in [5, 5.41) is 4.84. The monoisotopic (exact) mass is 425 g/mol. The van der Waals surface area contributed by atoms with Crippen molar-refractivity contribution in [3.63, 3.8) is 0 Å². The molecule has 0 fully saturated rings. The normalized spacial score (nSPS) is 11.2. The Hall–Kier alpha value is -2.50. The highest BCUT2D eigenvalue weighted by atomic mass is 35.5. The van der Waals surface area contributed by atoms with Gasteiger partial charge in [-0.25, -0.2) is 5.43 Å². The van der Waals surface area contributed by atoms with E-state index in [9.17, 15) is 4.79 Å². The van der Waals surface area contributed by atoms with Crippen LogP contribution in [0.15, 0.2) is 59.7 Å². The quantitative estimate of drug-likeness (QED) is 0.404. The highest BCUT2D eigenvalue weighted by Crippen LogP contribution is 2.20. The second-order valence-electron chi connectivity index (χ2n) is 6.91. The smallest absolute Gasteiger partial charge is 0.250 e. The van der Waals surface area contributed by atoms with Gasteiger partial charge >= 0.3 is 0 Å². The molecule has 3 aromatic rings. The zero-order chi connectivity index (χ0) is 20.8. The second kappa shape index (κ2) is 9.81. The van der Waals surface area contributed by atoms with Gasteiger partial charge in [0.05, 0.1) is 12.0 Å². The van der Waals surface area contributed by atoms with Crippen LogP contribution in [0.3, 0.4) is 0 Å². The maximum Gasteiger partial charge on any atom is 0.250 e. The minimum Gasteiger partial charge on any atom is -0.318 e. The van der Waals surface area contributed by atoms with E-state index in [2.05, 4.69) is 66.2 Å². The fraction of sp³-hybridized carbons (Fsp3) is 0.217. The lowest BCUT2D eigenvalue weighted by atomic mass is 10.2. The van der Waals surface area contributed by atoms with E-state index in [4.69, 9.17) is 11.6 Å². The Balaban J connectivity index is 1.55. The van der Waals surface area contributed by atoms with Crippen molar-refractivity contribution in [3.05, 3.63) is 87.7 Å². The van der Waals surface area contributed by atoms with Crippen LogP contribution in [0.1, 0.15) is 28.1 Å². The summed E-state index contributed by atoms with van der Waals surface area (Å²) in [5.74, 6) is 0.947. The molecule has 150 valence electrons. The van der Waals surface area contributed by atoms with Gasteiger partial charge in [0.1, 0.15) is 0 Å². The molecule has 29 heavy (non-hydrogen) atoms. The van der Waals surface area contributed by atoms with Gasteiger partial charge in [-0.3, -0.25) is 4.79 Å². The molecule has 1 aromatic heterocycles. The lowest BCUT2D eigenvalue weighted by molar-refractivity contribution is -0.118. The first kappa shape index (κ1) is 21.2. The third kappa shape index (κ3) is 5.75. The minimum atomic E-state index is -0.124. The Labute approximate surface area is 181 Å². The molecule has 0 spiro atoms. The zero-order valence-corrected chi connectivity index (χ0v) is 18.3. The number of aryl methyl sites for hydroxylation is 2. The lowest BCUT2D eigenvalue weighted by Crippen LogP contribution is -2.19. The van der Waals surface area contributed by atoms with Gasteiger partial charge in [-0.15, -0.1) is 11.8 Å². The SMILES string of the molecule is Cc1ccc(-n2c(C)cc(C=NNC(=O)CSCc3cccc(Cl)c3)c2C)cc1. The number of carbonyl (C=O) groups is 1. The predicted molar refractivity (Wildman–Crippen MR) is 123 cm³/mol. The Morgan fingerprint density at radius 2 is 1.90 bits per heavy atom. The molecule has 0 saturated carbocycles. The average Bonchev–Trinajstić information content (AvgIpc) is 2.96. The zero-order valence-electron chi connectivity index (χ0n) is 16.8. The maximum absolute atomic E-state index is 12.0. The first-order valence-electron chi connectivity index (χ1n) is 9.34. The predicted octanol–water partition coefficient (Wildman–Crippen LogP) is 5.44. The number of hydrogen-bond donors (Lipinski definition) is 1. The number of nitrogens with zero attached hydrogens (tertiary/aromatic N) is 2. The van der Waals surface area contributed by atoms with E-state index >= 15 is 0 Å². The highest BCUT2D eigenvalue weighted by molar-refractivity contribution is 7.99. The third-order valence-electron chi connectivity index (χ3n) is 4.55. The van der Waals surface area contributed by atoms with Crippen LogP contribution in [-0.2, 0) is 10.5 Å². The number of benzene rings is 2. The molecular formula is C23H24ClN3OS. The second-order valence-corrected chi connectivity index (χ2v) is 8.34. The van der Waals surface area contributed by atoms with Crippen molar-refractivity contribution >= 4 is 35.5 Å². The number of thioether (sulfide) groups is 1. The molecule has 0 atom stereocenters. The Bertz CT molecular complexity index is 1030. The van der Waals surface area contributed by atoms with Gasteiger partial charge in [0.15, 0.2) is 0 Å². The molecule has 1 amide bonds. The van der Waals surface area contributed by atoms with Crippen molar-refractivity contribution in [1.82, 2.24) is 9.99 Å². The van der Waals surface area contributed by atoms with Crippen molar-refractivity contribution in [2.45, 2.75) is 26.5 Å². The Kier molecular flexibility index (Phi) is 7.18. The van der Waals surface area contributed by atoms with Crippen molar-refractivity contribution in [2.24, 2.45) is 5.10 Å². The molecule has 0 radical (unpaired) electrons. The summed E-state index contributed by atoms with van der Waals surface area (Å²) >= 11 is 7.50. The summed E-state index contributed by atoms with van der Waals surface area (Å²) in [5.41, 5.74) is 9.24. The van der Waals surface area contributed by atoms with Crippen LogP contribution in [0.2, 0.25) is 5.02 Å². The van der Waals surface area contributed by atoms with E-state index in [-0.39, 0.29) is 5.91 Å². The van der Waals surface area contributed by atoms with E-state index in [1.165, 1.54) is 17.3 Å². The molecule has 1 N–H and O–H groups in total. The topological polar surface area (TPSA) is 46.4 Å². The third-order valence-corrected chi connectivity index (χ3v) is 5.79. The molecule has 0 aliphatic heterocycles. The fourth-order valence-electron chi connectivity index (χ4n) is 3.10. The number of hydrogen-bond acceptors (Lipinski definition) is 3. The van der Waals surface area contributed by atoms with E-state index < -0.39 is 0 Å². The number of hydrazone groups is 1. The number of carbonyl (C=O) groups excluding carboxylic acids is 1. The van der Waals surface area contributed by atoms with E-state index in [1.807, 2.05) is 24.3 Å². The molecule has 0 unspecified atom stereocenters. The molecule has 6 heteroatoms. The van der Waals surface area contributed by atoms with Gasteiger partial charge in [0.2, 0.25) is 5.91 Å². The van der Waals surface area contributed by atoms with Crippen LogP contribution < -0.4 is 5.43 Å². The van der Waals surface area contributed by atoms with Crippen LogP contribution in [0.25, 0.3) is 5.69 Å². The maximum atomic E-state index is 12.0. The summed E-state index contributed by atoms with van der Waals surface area (Å²) in [4.78, 5) is 12.0. The van der Waals surface area contributed by atoms with Crippen molar-refractivity contribution in [1.29, 1.82) is 0 Å². The molecule has 0 aliphatic rings. The standard InChI is InChI=1S/C23H24ClN3OS/c1-16-7-9-22(10-8-16)27-17(2)11-20(18(27)3)13-25-26-23(28)15-29-14-19-5-4-6-21(24)12-19/h4-13H,14-15H2,1-3H3,(H,26,28). The van der Waals surface area contributed by atoms with Crippen LogP contribution in [0.5, 0.6) is 0 Å². The molecule has 4 nitrogen and oxygen atoms in total. The van der Waals surface area contributed by atoms with Gasteiger partial charge in [-0.2, -0.15) is 5.10 Å². The first-order valence-corrected chi connectivity index (χ1v) is 10.9. The summed E-state index contributed by atoms with van der Waals surface area (Å²) in [6.45, 7) is 6.19. The van der Waals surface area contributed by atoms with Crippen molar-refractivity contribution in [2.75, 3.05) is 5.75 Å². The van der Waals surface area contributed by atoms with Crippen LogP contribution >= 0.6 is 23.4 Å².